The lowest BCUT2D eigenvalue weighted by Crippen LogP contribution is -2.38. The Kier molecular flexibility index (Phi) is 4.25. The number of nitrogens with two attached hydrogens (primary N) is 1. The molecule has 3 amide bonds. The number of carboxylic acid groups (broad SMARTS) is 1. The fourth-order valence-electron chi connectivity index (χ4n) is 1.24. The summed E-state index contributed by atoms with van der Waals surface area (Å²) in [7, 11) is 0. The van der Waals surface area contributed by atoms with Gasteiger partial charge in [-0.05, 0) is 24.6 Å². The summed E-state index contributed by atoms with van der Waals surface area (Å²) >= 11 is 0. The number of carbonyl (C=O) groups excluding carboxylic acids is 2. The molecule has 0 radical (unpaired) electrons. The quantitative estimate of drug-likeness (QED) is 0.710. The fraction of sp³-hybridized carbons (Fsp3) is 0.182. The molecule has 1 rings (SSSR count). The van der Waals surface area contributed by atoms with Crippen molar-refractivity contribution in [3.63, 3.8) is 0 Å². The van der Waals surface area contributed by atoms with E-state index in [1.165, 1.54) is 12.1 Å². The molecular weight excluding hydrogens is 240 g/mol. The predicted octanol–water partition coefficient (Wildman–Crippen LogP) is 0.267. The van der Waals surface area contributed by atoms with Crippen LogP contribution in [0.2, 0.25) is 0 Å². The van der Waals surface area contributed by atoms with Crippen LogP contribution in [0.25, 0.3) is 0 Å². The Morgan fingerprint density at radius 3 is 2.61 bits per heavy atom. The standard InChI is InChI=1S/C11H12N2O5/c1-6-2-3-7(10(15)16)8(4-6)18-5-9(14)13-11(12)17/h2-4H,5H2,1H3,(H,15,16)(H3,12,13,14,17). The molecule has 1 aromatic carbocycles. The largest absolute Gasteiger partial charge is 0.483 e. The van der Waals surface area contributed by atoms with Crippen LogP contribution in [0.4, 0.5) is 4.79 Å². The van der Waals surface area contributed by atoms with Gasteiger partial charge >= 0.3 is 12.0 Å². The average molecular weight is 252 g/mol. The average Bonchev–Trinajstić information content (AvgIpc) is 2.25. The van der Waals surface area contributed by atoms with Gasteiger partial charge in [0.2, 0.25) is 0 Å². The van der Waals surface area contributed by atoms with Crippen LogP contribution in [0.1, 0.15) is 15.9 Å². The van der Waals surface area contributed by atoms with Crippen molar-refractivity contribution < 1.29 is 24.2 Å². The summed E-state index contributed by atoms with van der Waals surface area (Å²) in [5, 5.41) is 10.7. The number of hydrogen-bond acceptors (Lipinski definition) is 4. The molecule has 0 bridgehead atoms. The number of carbonyl (C=O) groups is 3. The van der Waals surface area contributed by atoms with Crippen LogP contribution in [0.5, 0.6) is 5.75 Å². The number of aromatic carboxylic acids is 1. The molecular formula is C11H12N2O5. The molecule has 7 heteroatoms. The van der Waals surface area contributed by atoms with E-state index >= 15 is 0 Å². The molecule has 0 aliphatic rings. The molecule has 96 valence electrons. The zero-order valence-corrected chi connectivity index (χ0v) is 9.60. The smallest absolute Gasteiger partial charge is 0.339 e. The Balaban J connectivity index is 2.77. The van der Waals surface area contributed by atoms with Gasteiger partial charge in [0.1, 0.15) is 11.3 Å². The zero-order valence-electron chi connectivity index (χ0n) is 9.60. The Morgan fingerprint density at radius 2 is 2.06 bits per heavy atom. The van der Waals surface area contributed by atoms with Crippen molar-refractivity contribution in [3.8, 4) is 5.75 Å². The molecule has 4 N–H and O–H groups in total. The topological polar surface area (TPSA) is 119 Å². The highest BCUT2D eigenvalue weighted by Gasteiger charge is 2.13. The van der Waals surface area contributed by atoms with Crippen LogP contribution in [0.3, 0.4) is 0 Å². The molecule has 0 fully saturated rings. The maximum absolute atomic E-state index is 11.1. The van der Waals surface area contributed by atoms with E-state index in [2.05, 4.69) is 0 Å². The van der Waals surface area contributed by atoms with E-state index < -0.39 is 24.5 Å². The Bertz CT molecular complexity index is 498. The number of primary amides is 1. The third-order valence-corrected chi connectivity index (χ3v) is 1.99. The van der Waals surface area contributed by atoms with Crippen molar-refractivity contribution >= 4 is 17.9 Å². The van der Waals surface area contributed by atoms with E-state index in [1.807, 2.05) is 0 Å². The molecule has 1 aromatic rings. The van der Waals surface area contributed by atoms with Gasteiger partial charge in [-0.1, -0.05) is 6.07 Å². The number of benzene rings is 1. The molecule has 0 unspecified atom stereocenters. The first-order chi connectivity index (χ1) is 8.40. The summed E-state index contributed by atoms with van der Waals surface area (Å²) in [5.74, 6) is -1.86. The van der Waals surface area contributed by atoms with Gasteiger partial charge in [0.05, 0.1) is 0 Å². The number of nitrogens with one attached hydrogen (secondary N) is 1. The van der Waals surface area contributed by atoms with Crippen LogP contribution in [0.15, 0.2) is 18.2 Å². The molecule has 7 nitrogen and oxygen atoms in total. The van der Waals surface area contributed by atoms with E-state index in [9.17, 15) is 14.4 Å². The zero-order chi connectivity index (χ0) is 13.7. The minimum atomic E-state index is -1.17. The van der Waals surface area contributed by atoms with E-state index in [0.29, 0.717) is 0 Å². The number of carboxylic acids is 1. The summed E-state index contributed by atoms with van der Waals surface area (Å²) in [6.07, 6.45) is 0. The number of ether oxygens (including phenoxy) is 1. The van der Waals surface area contributed by atoms with Crippen LogP contribution >= 0.6 is 0 Å². The van der Waals surface area contributed by atoms with Crippen molar-refractivity contribution in [2.75, 3.05) is 6.61 Å². The molecule has 0 aliphatic heterocycles. The third-order valence-electron chi connectivity index (χ3n) is 1.99. The Hall–Kier alpha value is -2.57. The summed E-state index contributed by atoms with van der Waals surface area (Å²) in [6, 6.07) is 3.48. The van der Waals surface area contributed by atoms with Crippen LogP contribution < -0.4 is 15.8 Å². The second-order valence-corrected chi connectivity index (χ2v) is 3.51. The van der Waals surface area contributed by atoms with E-state index in [4.69, 9.17) is 15.6 Å². The molecule has 18 heavy (non-hydrogen) atoms. The minimum absolute atomic E-state index is 0.0575. The summed E-state index contributed by atoms with van der Waals surface area (Å²) in [6.45, 7) is 1.26. The molecule has 0 aliphatic carbocycles. The Labute approximate surface area is 103 Å². The van der Waals surface area contributed by atoms with Crippen molar-refractivity contribution in [3.05, 3.63) is 29.3 Å². The summed E-state index contributed by atoms with van der Waals surface area (Å²) in [4.78, 5) is 32.4. The first-order valence-electron chi connectivity index (χ1n) is 4.96. The first kappa shape index (κ1) is 13.5. The fourth-order valence-corrected chi connectivity index (χ4v) is 1.24. The molecule has 0 spiro atoms. The molecule has 0 saturated heterocycles. The predicted molar refractivity (Wildman–Crippen MR) is 61.4 cm³/mol. The van der Waals surface area contributed by atoms with Crippen LogP contribution in [-0.4, -0.2) is 29.6 Å². The lowest BCUT2D eigenvalue weighted by atomic mass is 10.1. The van der Waals surface area contributed by atoms with Crippen molar-refractivity contribution in [2.24, 2.45) is 5.73 Å². The number of aryl methyl sites for hydroxylation is 1. The molecule has 0 aromatic heterocycles. The van der Waals surface area contributed by atoms with Gasteiger partial charge in [-0.3, -0.25) is 10.1 Å². The van der Waals surface area contributed by atoms with Gasteiger partial charge in [-0.25, -0.2) is 9.59 Å². The van der Waals surface area contributed by atoms with E-state index in [-0.39, 0.29) is 11.3 Å². The van der Waals surface area contributed by atoms with Crippen molar-refractivity contribution in [1.29, 1.82) is 0 Å². The summed E-state index contributed by atoms with van der Waals surface area (Å²) in [5.41, 5.74) is 5.46. The normalized spacial score (nSPS) is 9.61. The Morgan fingerprint density at radius 1 is 1.39 bits per heavy atom. The number of imide groups is 1. The van der Waals surface area contributed by atoms with E-state index in [0.717, 1.165) is 5.56 Å². The van der Waals surface area contributed by atoms with Crippen molar-refractivity contribution in [2.45, 2.75) is 6.92 Å². The third kappa shape index (κ3) is 3.78. The van der Waals surface area contributed by atoms with Gasteiger partial charge in [0, 0.05) is 0 Å². The van der Waals surface area contributed by atoms with Crippen LogP contribution in [0, 0.1) is 6.92 Å². The van der Waals surface area contributed by atoms with Crippen LogP contribution in [-0.2, 0) is 4.79 Å². The maximum Gasteiger partial charge on any atom is 0.339 e. The van der Waals surface area contributed by atoms with Gasteiger partial charge in [0.25, 0.3) is 5.91 Å². The number of hydrogen-bond donors (Lipinski definition) is 3. The minimum Gasteiger partial charge on any atom is -0.483 e. The first-order valence-corrected chi connectivity index (χ1v) is 4.96. The number of rotatable bonds is 4. The highest BCUT2D eigenvalue weighted by Crippen LogP contribution is 2.20. The SMILES string of the molecule is Cc1ccc(C(=O)O)c(OCC(=O)NC(N)=O)c1. The lowest BCUT2D eigenvalue weighted by molar-refractivity contribution is -0.121. The highest BCUT2D eigenvalue weighted by atomic mass is 16.5. The van der Waals surface area contributed by atoms with E-state index in [1.54, 1.807) is 18.3 Å². The van der Waals surface area contributed by atoms with Gasteiger partial charge < -0.3 is 15.6 Å². The lowest BCUT2D eigenvalue weighted by Gasteiger charge is -2.09. The number of amides is 3. The number of urea groups is 1. The van der Waals surface area contributed by atoms with Gasteiger partial charge in [0.15, 0.2) is 6.61 Å². The highest BCUT2D eigenvalue weighted by molar-refractivity contribution is 5.94. The molecule has 0 heterocycles. The molecule has 0 atom stereocenters. The van der Waals surface area contributed by atoms with Crippen molar-refractivity contribution in [1.82, 2.24) is 5.32 Å². The van der Waals surface area contributed by atoms with Gasteiger partial charge in [-0.15, -0.1) is 0 Å². The second-order valence-electron chi connectivity index (χ2n) is 3.51. The maximum atomic E-state index is 11.1. The summed E-state index contributed by atoms with van der Waals surface area (Å²) < 4.78 is 5.04. The second kappa shape index (κ2) is 5.67. The molecule has 0 saturated carbocycles. The van der Waals surface area contributed by atoms with Gasteiger partial charge in [-0.2, -0.15) is 0 Å². The monoisotopic (exact) mass is 252 g/mol.